The van der Waals surface area contributed by atoms with Crippen molar-refractivity contribution >= 4 is 27.1 Å². The van der Waals surface area contributed by atoms with Crippen molar-refractivity contribution in [3.63, 3.8) is 0 Å². The second-order valence-electron chi connectivity index (χ2n) is 5.82. The van der Waals surface area contributed by atoms with E-state index in [1.807, 2.05) is 6.07 Å². The van der Waals surface area contributed by atoms with E-state index in [1.54, 1.807) is 36.4 Å². The van der Waals surface area contributed by atoms with Gasteiger partial charge in [0.25, 0.3) is 5.91 Å². The van der Waals surface area contributed by atoms with Gasteiger partial charge in [-0.05, 0) is 36.8 Å². The van der Waals surface area contributed by atoms with E-state index in [2.05, 4.69) is 15.6 Å². The zero-order valence-corrected chi connectivity index (χ0v) is 14.1. The van der Waals surface area contributed by atoms with Crippen molar-refractivity contribution in [1.29, 1.82) is 5.26 Å². The number of carbonyl (C=O) groups excluding carboxylic acids is 1. The average molecular weight is 356 g/mol. The molecule has 3 rings (SSSR count). The lowest BCUT2D eigenvalue weighted by Crippen LogP contribution is -2.21. The molecule has 1 aromatic heterocycles. The van der Waals surface area contributed by atoms with Gasteiger partial charge in [0.2, 0.25) is 0 Å². The van der Waals surface area contributed by atoms with Gasteiger partial charge in [-0.2, -0.15) is 5.26 Å². The molecule has 2 N–H and O–H groups in total. The molecule has 2 aromatic rings. The molecule has 1 unspecified atom stereocenters. The summed E-state index contributed by atoms with van der Waals surface area (Å²) in [5, 5.41) is 14.7. The number of pyridine rings is 1. The van der Waals surface area contributed by atoms with E-state index in [9.17, 15) is 13.2 Å². The first-order valence-corrected chi connectivity index (χ1v) is 9.52. The van der Waals surface area contributed by atoms with Gasteiger partial charge in [0.15, 0.2) is 9.84 Å². The van der Waals surface area contributed by atoms with E-state index < -0.39 is 9.84 Å². The Labute approximate surface area is 145 Å². The molecule has 2 heterocycles. The first-order valence-electron chi connectivity index (χ1n) is 7.70. The first-order chi connectivity index (χ1) is 11.9. The second-order valence-corrected chi connectivity index (χ2v) is 8.05. The standard InChI is InChI=1S/C17H16N4O3S/c18-9-12-2-1-3-13(8-12)21-17(22)16-5-4-14(10-19-16)20-15-6-7-25(23,24)11-15/h1-5,8,10,15,20H,6-7,11H2,(H,21,22). The Bertz CT molecular complexity index is 933. The van der Waals surface area contributed by atoms with Crippen LogP contribution in [-0.4, -0.2) is 36.9 Å². The highest BCUT2D eigenvalue weighted by Crippen LogP contribution is 2.17. The lowest BCUT2D eigenvalue weighted by molar-refractivity contribution is 0.102. The Morgan fingerprint density at radius 1 is 1.24 bits per heavy atom. The molecular formula is C17H16N4O3S. The van der Waals surface area contributed by atoms with Gasteiger partial charge >= 0.3 is 0 Å². The molecule has 1 aliphatic rings. The van der Waals surface area contributed by atoms with Crippen molar-refractivity contribution in [2.75, 3.05) is 22.1 Å². The Kier molecular flexibility index (Phi) is 4.67. The number of nitrogens with one attached hydrogen (secondary N) is 2. The predicted molar refractivity (Wildman–Crippen MR) is 94.0 cm³/mol. The van der Waals surface area contributed by atoms with Crippen LogP contribution in [0.4, 0.5) is 11.4 Å². The molecule has 1 aliphatic heterocycles. The molecule has 0 aliphatic carbocycles. The summed E-state index contributed by atoms with van der Waals surface area (Å²) in [6.07, 6.45) is 2.07. The van der Waals surface area contributed by atoms with Gasteiger partial charge in [-0.1, -0.05) is 6.07 Å². The molecule has 1 saturated heterocycles. The van der Waals surface area contributed by atoms with Gasteiger partial charge in [0.1, 0.15) is 5.69 Å². The fraction of sp³-hybridized carbons (Fsp3) is 0.235. The number of carbonyl (C=O) groups is 1. The minimum atomic E-state index is -2.95. The topological polar surface area (TPSA) is 112 Å². The molecule has 1 fully saturated rings. The number of anilines is 2. The smallest absolute Gasteiger partial charge is 0.274 e. The molecule has 1 atom stereocenters. The summed E-state index contributed by atoms with van der Waals surface area (Å²) >= 11 is 0. The van der Waals surface area contributed by atoms with E-state index in [4.69, 9.17) is 5.26 Å². The van der Waals surface area contributed by atoms with E-state index in [1.165, 1.54) is 6.20 Å². The fourth-order valence-electron chi connectivity index (χ4n) is 2.62. The first kappa shape index (κ1) is 16.9. The van der Waals surface area contributed by atoms with Crippen LogP contribution >= 0.6 is 0 Å². The summed E-state index contributed by atoms with van der Waals surface area (Å²) in [4.78, 5) is 16.3. The van der Waals surface area contributed by atoms with Gasteiger partial charge in [0.05, 0.1) is 35.0 Å². The number of rotatable bonds is 4. The van der Waals surface area contributed by atoms with E-state index >= 15 is 0 Å². The molecule has 25 heavy (non-hydrogen) atoms. The van der Waals surface area contributed by atoms with Crippen molar-refractivity contribution in [3.8, 4) is 6.07 Å². The maximum Gasteiger partial charge on any atom is 0.274 e. The summed E-state index contributed by atoms with van der Waals surface area (Å²) < 4.78 is 22.9. The lowest BCUT2D eigenvalue weighted by atomic mass is 10.2. The molecule has 128 valence electrons. The summed E-state index contributed by atoms with van der Waals surface area (Å²) in [6.45, 7) is 0. The van der Waals surface area contributed by atoms with Crippen LogP contribution in [0.15, 0.2) is 42.6 Å². The Hall–Kier alpha value is -2.92. The third-order valence-electron chi connectivity index (χ3n) is 3.85. The van der Waals surface area contributed by atoms with Crippen molar-refractivity contribution < 1.29 is 13.2 Å². The van der Waals surface area contributed by atoms with Crippen LogP contribution in [0.3, 0.4) is 0 Å². The zero-order chi connectivity index (χ0) is 17.9. The third kappa shape index (κ3) is 4.33. The highest BCUT2D eigenvalue weighted by Gasteiger charge is 2.27. The van der Waals surface area contributed by atoms with Crippen LogP contribution in [0.1, 0.15) is 22.5 Å². The number of nitriles is 1. The highest BCUT2D eigenvalue weighted by atomic mass is 32.2. The monoisotopic (exact) mass is 356 g/mol. The Morgan fingerprint density at radius 2 is 2.08 bits per heavy atom. The highest BCUT2D eigenvalue weighted by molar-refractivity contribution is 7.91. The maximum absolute atomic E-state index is 12.2. The number of hydrogen-bond acceptors (Lipinski definition) is 6. The third-order valence-corrected chi connectivity index (χ3v) is 5.62. The number of hydrogen-bond donors (Lipinski definition) is 2. The molecule has 0 spiro atoms. The van der Waals surface area contributed by atoms with Crippen LogP contribution in [-0.2, 0) is 9.84 Å². The van der Waals surface area contributed by atoms with Crippen molar-refractivity contribution in [1.82, 2.24) is 4.98 Å². The maximum atomic E-state index is 12.2. The summed E-state index contributed by atoms with van der Waals surface area (Å²) in [6, 6.07) is 11.7. The number of sulfone groups is 1. The summed E-state index contributed by atoms with van der Waals surface area (Å²) in [7, 11) is -2.95. The van der Waals surface area contributed by atoms with Gasteiger partial charge < -0.3 is 10.6 Å². The number of benzene rings is 1. The van der Waals surface area contributed by atoms with E-state index in [0.717, 1.165) is 0 Å². The normalized spacial score (nSPS) is 18.3. The van der Waals surface area contributed by atoms with Crippen LogP contribution in [0.2, 0.25) is 0 Å². The van der Waals surface area contributed by atoms with E-state index in [-0.39, 0.29) is 29.1 Å². The number of aromatic nitrogens is 1. The number of nitrogens with zero attached hydrogens (tertiary/aromatic N) is 2. The molecule has 1 aromatic carbocycles. The van der Waals surface area contributed by atoms with Crippen molar-refractivity contribution in [2.24, 2.45) is 0 Å². The van der Waals surface area contributed by atoms with Gasteiger partial charge in [0, 0.05) is 11.7 Å². The van der Waals surface area contributed by atoms with Gasteiger partial charge in [-0.15, -0.1) is 0 Å². The molecular weight excluding hydrogens is 340 g/mol. The molecule has 0 radical (unpaired) electrons. The molecule has 0 saturated carbocycles. The Morgan fingerprint density at radius 3 is 2.72 bits per heavy atom. The van der Waals surface area contributed by atoms with Crippen LogP contribution in [0.5, 0.6) is 0 Å². The number of amides is 1. The van der Waals surface area contributed by atoms with Crippen LogP contribution in [0.25, 0.3) is 0 Å². The second kappa shape index (κ2) is 6.91. The lowest BCUT2D eigenvalue weighted by Gasteiger charge is -2.12. The molecule has 1 amide bonds. The fourth-order valence-corrected chi connectivity index (χ4v) is 4.29. The van der Waals surface area contributed by atoms with Crippen molar-refractivity contribution in [2.45, 2.75) is 12.5 Å². The predicted octanol–water partition coefficient (Wildman–Crippen LogP) is 1.80. The van der Waals surface area contributed by atoms with Crippen LogP contribution < -0.4 is 10.6 Å². The molecule has 7 nitrogen and oxygen atoms in total. The SMILES string of the molecule is N#Cc1cccc(NC(=O)c2ccc(NC3CCS(=O)(=O)C3)cn2)c1. The Balaban J connectivity index is 1.63. The molecule has 8 heteroatoms. The minimum Gasteiger partial charge on any atom is -0.380 e. The van der Waals surface area contributed by atoms with Gasteiger partial charge in [-0.25, -0.2) is 13.4 Å². The summed E-state index contributed by atoms with van der Waals surface area (Å²) in [5.41, 5.74) is 1.87. The average Bonchev–Trinajstić information content (AvgIpc) is 2.94. The van der Waals surface area contributed by atoms with E-state index in [0.29, 0.717) is 23.4 Å². The quantitative estimate of drug-likeness (QED) is 0.864. The summed E-state index contributed by atoms with van der Waals surface area (Å²) in [5.74, 6) is -0.0738. The zero-order valence-electron chi connectivity index (χ0n) is 13.3. The van der Waals surface area contributed by atoms with Crippen LogP contribution in [0, 0.1) is 11.3 Å². The van der Waals surface area contributed by atoms with Gasteiger partial charge in [-0.3, -0.25) is 4.79 Å². The molecule has 0 bridgehead atoms. The minimum absolute atomic E-state index is 0.116. The largest absolute Gasteiger partial charge is 0.380 e. The van der Waals surface area contributed by atoms with Crippen molar-refractivity contribution in [3.05, 3.63) is 53.9 Å².